The van der Waals surface area contributed by atoms with Crippen LogP contribution in [0, 0.1) is 5.41 Å². The summed E-state index contributed by atoms with van der Waals surface area (Å²) in [6, 6.07) is 17.6. The SMILES string of the molecule is CC(C)(C)Cc1cccc2nc3c(cc12)C(C)(C)c1cccc2nccc-3c12. The van der Waals surface area contributed by atoms with E-state index < -0.39 is 0 Å². The van der Waals surface area contributed by atoms with Crippen molar-refractivity contribution in [1.29, 1.82) is 0 Å². The summed E-state index contributed by atoms with van der Waals surface area (Å²) in [5, 5.41) is 2.54. The van der Waals surface area contributed by atoms with Crippen LogP contribution in [0.3, 0.4) is 0 Å². The molecule has 0 saturated carbocycles. The molecule has 0 saturated heterocycles. The van der Waals surface area contributed by atoms with Crippen molar-refractivity contribution in [2.45, 2.75) is 46.5 Å². The first-order valence-corrected chi connectivity index (χ1v) is 10.1. The Labute approximate surface area is 166 Å². The highest BCUT2D eigenvalue weighted by molar-refractivity contribution is 6.02. The number of benzene rings is 2. The lowest BCUT2D eigenvalue weighted by atomic mass is 9.70. The molecule has 2 heteroatoms. The molecule has 2 aromatic carbocycles. The predicted molar refractivity (Wildman–Crippen MR) is 118 cm³/mol. The molecule has 2 heterocycles. The third-order valence-electron chi connectivity index (χ3n) is 6.04. The smallest absolute Gasteiger partial charge is 0.0758 e. The van der Waals surface area contributed by atoms with Crippen LogP contribution in [0.25, 0.3) is 33.1 Å². The summed E-state index contributed by atoms with van der Waals surface area (Å²) in [4.78, 5) is 9.81. The summed E-state index contributed by atoms with van der Waals surface area (Å²) in [6.07, 6.45) is 2.95. The fraction of sp³-hybridized carbons (Fsp3) is 0.308. The largest absolute Gasteiger partial charge is 0.256 e. The fourth-order valence-electron chi connectivity index (χ4n) is 4.73. The van der Waals surface area contributed by atoms with Gasteiger partial charge in [0.2, 0.25) is 0 Å². The van der Waals surface area contributed by atoms with Gasteiger partial charge in [-0.25, -0.2) is 4.98 Å². The summed E-state index contributed by atoms with van der Waals surface area (Å²) in [5.74, 6) is 0. The quantitative estimate of drug-likeness (QED) is 0.375. The average molecular weight is 367 g/mol. The number of hydrogen-bond acceptors (Lipinski definition) is 2. The summed E-state index contributed by atoms with van der Waals surface area (Å²) in [7, 11) is 0. The Hall–Kier alpha value is -2.74. The maximum Gasteiger partial charge on any atom is 0.0758 e. The Bertz CT molecular complexity index is 1240. The molecule has 5 rings (SSSR count). The van der Waals surface area contributed by atoms with Gasteiger partial charge in [0, 0.05) is 27.9 Å². The van der Waals surface area contributed by atoms with Crippen LogP contribution in [0.1, 0.15) is 51.3 Å². The maximum absolute atomic E-state index is 5.20. The van der Waals surface area contributed by atoms with E-state index in [0.29, 0.717) is 0 Å². The standard InChI is InChI=1S/C26H26N2/c1-25(2,3)15-16-8-6-10-21-18(16)14-20-24(28-21)17-12-13-27-22-11-7-9-19(23(17)22)26(20,4)5/h6-14H,15H2,1-5H3. The van der Waals surface area contributed by atoms with E-state index in [2.05, 4.69) is 88.1 Å². The third-order valence-corrected chi connectivity index (χ3v) is 6.04. The minimum Gasteiger partial charge on any atom is -0.256 e. The second-order valence-corrected chi connectivity index (χ2v) is 9.79. The molecule has 0 amide bonds. The van der Waals surface area contributed by atoms with Gasteiger partial charge in [-0.1, -0.05) is 58.9 Å². The Morgan fingerprint density at radius 3 is 2.43 bits per heavy atom. The van der Waals surface area contributed by atoms with E-state index in [1.807, 2.05) is 6.20 Å². The molecule has 0 bridgehead atoms. The lowest BCUT2D eigenvalue weighted by Gasteiger charge is -2.34. The Morgan fingerprint density at radius 1 is 0.893 bits per heavy atom. The lowest BCUT2D eigenvalue weighted by Crippen LogP contribution is -2.24. The molecule has 140 valence electrons. The van der Waals surface area contributed by atoms with Crippen molar-refractivity contribution in [1.82, 2.24) is 9.97 Å². The lowest BCUT2D eigenvalue weighted by molar-refractivity contribution is 0.412. The monoisotopic (exact) mass is 366 g/mol. The summed E-state index contributed by atoms with van der Waals surface area (Å²) in [6.45, 7) is 11.5. The molecule has 0 aliphatic heterocycles. The molecular weight excluding hydrogens is 340 g/mol. The van der Waals surface area contributed by atoms with Crippen LogP contribution < -0.4 is 0 Å². The van der Waals surface area contributed by atoms with E-state index in [0.717, 1.165) is 23.1 Å². The van der Waals surface area contributed by atoms with Gasteiger partial charge < -0.3 is 0 Å². The third kappa shape index (κ3) is 2.47. The molecule has 2 nitrogen and oxygen atoms in total. The molecule has 0 atom stereocenters. The minimum atomic E-state index is -0.110. The topological polar surface area (TPSA) is 25.8 Å². The Morgan fingerprint density at radius 2 is 1.64 bits per heavy atom. The first-order chi connectivity index (χ1) is 13.3. The van der Waals surface area contributed by atoms with E-state index in [9.17, 15) is 0 Å². The zero-order valence-electron chi connectivity index (χ0n) is 17.3. The van der Waals surface area contributed by atoms with Crippen molar-refractivity contribution < 1.29 is 0 Å². The van der Waals surface area contributed by atoms with E-state index >= 15 is 0 Å². The Kier molecular flexibility index (Phi) is 3.49. The van der Waals surface area contributed by atoms with Crippen LogP contribution in [-0.4, -0.2) is 9.97 Å². The van der Waals surface area contributed by atoms with Gasteiger partial charge >= 0.3 is 0 Å². The average Bonchev–Trinajstić information content (AvgIpc) is 2.64. The van der Waals surface area contributed by atoms with E-state index in [1.54, 1.807) is 0 Å². The van der Waals surface area contributed by atoms with Crippen LogP contribution >= 0.6 is 0 Å². The van der Waals surface area contributed by atoms with Crippen molar-refractivity contribution in [2.24, 2.45) is 5.41 Å². The van der Waals surface area contributed by atoms with E-state index in [-0.39, 0.29) is 10.8 Å². The molecule has 0 spiro atoms. The van der Waals surface area contributed by atoms with Gasteiger partial charge in [0.15, 0.2) is 0 Å². The molecule has 4 aromatic rings. The number of hydrogen-bond donors (Lipinski definition) is 0. The van der Waals surface area contributed by atoms with Gasteiger partial charge in [0.05, 0.1) is 16.7 Å². The fourth-order valence-corrected chi connectivity index (χ4v) is 4.73. The highest BCUT2D eigenvalue weighted by Crippen LogP contribution is 2.48. The maximum atomic E-state index is 5.20. The van der Waals surface area contributed by atoms with Gasteiger partial charge in [0.25, 0.3) is 0 Å². The molecule has 1 aliphatic rings. The van der Waals surface area contributed by atoms with Crippen LogP contribution in [0.2, 0.25) is 0 Å². The second-order valence-electron chi connectivity index (χ2n) is 9.79. The van der Waals surface area contributed by atoms with Crippen LogP contribution in [-0.2, 0) is 11.8 Å². The van der Waals surface area contributed by atoms with E-state index in [4.69, 9.17) is 4.98 Å². The highest BCUT2D eigenvalue weighted by Gasteiger charge is 2.35. The molecule has 0 fully saturated rings. The summed E-state index contributed by atoms with van der Waals surface area (Å²) >= 11 is 0. The van der Waals surface area contributed by atoms with Crippen molar-refractivity contribution >= 4 is 21.8 Å². The van der Waals surface area contributed by atoms with Crippen molar-refractivity contribution in [3.8, 4) is 11.3 Å². The molecule has 0 unspecified atom stereocenters. The van der Waals surface area contributed by atoms with Crippen molar-refractivity contribution in [3.63, 3.8) is 0 Å². The van der Waals surface area contributed by atoms with Crippen molar-refractivity contribution in [2.75, 3.05) is 0 Å². The zero-order valence-corrected chi connectivity index (χ0v) is 17.3. The molecule has 28 heavy (non-hydrogen) atoms. The number of fused-ring (bicyclic) bond motifs is 3. The molecular formula is C26H26N2. The molecule has 1 aliphatic carbocycles. The van der Waals surface area contributed by atoms with Crippen LogP contribution in [0.4, 0.5) is 0 Å². The number of aromatic nitrogens is 2. The number of pyridine rings is 2. The van der Waals surface area contributed by atoms with Crippen molar-refractivity contribution in [3.05, 3.63) is 71.4 Å². The van der Waals surface area contributed by atoms with Gasteiger partial charge in [0.1, 0.15) is 0 Å². The number of nitrogens with zero attached hydrogens (tertiary/aromatic N) is 2. The molecule has 0 radical (unpaired) electrons. The first-order valence-electron chi connectivity index (χ1n) is 10.1. The second kappa shape index (κ2) is 5.64. The van der Waals surface area contributed by atoms with Gasteiger partial charge in [-0.15, -0.1) is 0 Å². The minimum absolute atomic E-state index is 0.110. The van der Waals surface area contributed by atoms with Crippen LogP contribution in [0.5, 0.6) is 0 Å². The zero-order chi connectivity index (χ0) is 19.7. The molecule has 0 N–H and O–H groups in total. The summed E-state index contributed by atoms with van der Waals surface area (Å²) < 4.78 is 0. The normalized spacial score (nSPS) is 15.0. The highest BCUT2D eigenvalue weighted by atomic mass is 14.7. The first kappa shape index (κ1) is 17.4. The van der Waals surface area contributed by atoms with Gasteiger partial charge in [-0.05, 0) is 52.8 Å². The molecule has 2 aromatic heterocycles. The van der Waals surface area contributed by atoms with E-state index in [1.165, 1.54) is 33.0 Å². The van der Waals surface area contributed by atoms with Gasteiger partial charge in [-0.3, -0.25) is 4.98 Å². The Balaban J connectivity index is 1.87. The van der Waals surface area contributed by atoms with Gasteiger partial charge in [-0.2, -0.15) is 0 Å². The summed E-state index contributed by atoms with van der Waals surface area (Å²) in [5.41, 5.74) is 8.62. The van der Waals surface area contributed by atoms with Crippen LogP contribution in [0.15, 0.2) is 54.7 Å². The number of rotatable bonds is 1. The predicted octanol–water partition coefficient (Wildman–Crippen LogP) is 6.68.